The summed E-state index contributed by atoms with van der Waals surface area (Å²) in [6, 6.07) is 0.348. The molecule has 0 radical (unpaired) electrons. The van der Waals surface area contributed by atoms with Gasteiger partial charge in [0.15, 0.2) is 0 Å². The molecule has 1 amide bonds. The van der Waals surface area contributed by atoms with Crippen molar-refractivity contribution in [3.63, 3.8) is 0 Å². The Morgan fingerprint density at radius 1 is 1.42 bits per heavy atom. The number of rotatable bonds is 5. The van der Waals surface area contributed by atoms with Crippen LogP contribution in [0.1, 0.15) is 56.5 Å². The molecule has 3 heterocycles. The number of piperidine rings is 1. The van der Waals surface area contributed by atoms with Crippen LogP contribution in [0, 0.1) is 0 Å². The monoisotopic (exact) mass is 329 g/mol. The van der Waals surface area contributed by atoms with Gasteiger partial charge in [0.05, 0.1) is 12.2 Å². The number of nitrogens with zero attached hydrogens (tertiary/aromatic N) is 5. The first-order valence-electron chi connectivity index (χ1n) is 8.82. The maximum Gasteiger partial charge on any atom is 0.222 e. The van der Waals surface area contributed by atoms with Crippen molar-refractivity contribution in [2.75, 3.05) is 13.1 Å². The van der Waals surface area contributed by atoms with E-state index in [0.29, 0.717) is 18.4 Å². The first-order chi connectivity index (χ1) is 11.5. The van der Waals surface area contributed by atoms with Crippen LogP contribution in [0.2, 0.25) is 0 Å². The normalized spacial score (nSPS) is 18.3. The van der Waals surface area contributed by atoms with Crippen molar-refractivity contribution in [1.82, 2.24) is 24.2 Å². The van der Waals surface area contributed by atoms with Crippen LogP contribution in [0.3, 0.4) is 0 Å². The lowest BCUT2D eigenvalue weighted by Crippen LogP contribution is -2.41. The summed E-state index contributed by atoms with van der Waals surface area (Å²) in [5.41, 5.74) is 1.12. The van der Waals surface area contributed by atoms with Gasteiger partial charge in [-0.05, 0) is 24.8 Å². The number of imidazole rings is 1. The predicted octanol–water partition coefficient (Wildman–Crippen LogP) is 2.54. The summed E-state index contributed by atoms with van der Waals surface area (Å²) in [7, 11) is 1.90. The molecular weight excluding hydrogens is 302 g/mol. The average Bonchev–Trinajstić information content (AvgIpc) is 3.21. The largest absolute Gasteiger partial charge is 0.341 e. The molecule has 0 spiro atoms. The maximum absolute atomic E-state index is 12.6. The second-order valence-corrected chi connectivity index (χ2v) is 7.01. The molecule has 0 saturated carbocycles. The zero-order chi connectivity index (χ0) is 17.1. The SMILES string of the molecule is CC(C)c1nccn1[C@@H]1CCCN(C(=O)CCc2cnn(C)c2)C1. The van der Waals surface area contributed by atoms with Gasteiger partial charge in [-0.1, -0.05) is 13.8 Å². The number of likely N-dealkylation sites (tertiary alicyclic amines) is 1. The van der Waals surface area contributed by atoms with Gasteiger partial charge < -0.3 is 9.47 Å². The van der Waals surface area contributed by atoms with E-state index in [9.17, 15) is 4.79 Å². The van der Waals surface area contributed by atoms with Crippen molar-refractivity contribution in [1.29, 1.82) is 0 Å². The van der Waals surface area contributed by atoms with Gasteiger partial charge in [-0.15, -0.1) is 0 Å². The van der Waals surface area contributed by atoms with Crippen molar-refractivity contribution in [2.45, 2.75) is 51.5 Å². The zero-order valence-electron chi connectivity index (χ0n) is 14.9. The van der Waals surface area contributed by atoms with Gasteiger partial charge in [-0.25, -0.2) is 4.98 Å². The van der Waals surface area contributed by atoms with Gasteiger partial charge in [-0.2, -0.15) is 5.10 Å². The fourth-order valence-corrected chi connectivity index (χ4v) is 3.50. The van der Waals surface area contributed by atoms with E-state index in [4.69, 9.17) is 0 Å². The fraction of sp³-hybridized carbons (Fsp3) is 0.611. The van der Waals surface area contributed by atoms with Crippen molar-refractivity contribution >= 4 is 5.91 Å². The van der Waals surface area contributed by atoms with Crippen molar-refractivity contribution in [3.8, 4) is 0 Å². The molecule has 0 N–H and O–H groups in total. The Hall–Kier alpha value is -2.11. The van der Waals surface area contributed by atoms with E-state index in [1.807, 2.05) is 30.5 Å². The van der Waals surface area contributed by atoms with E-state index >= 15 is 0 Å². The summed E-state index contributed by atoms with van der Waals surface area (Å²) in [6.07, 6.45) is 11.2. The minimum absolute atomic E-state index is 0.245. The van der Waals surface area contributed by atoms with E-state index in [2.05, 4.69) is 34.7 Å². The molecule has 0 aliphatic carbocycles. The Morgan fingerprint density at radius 2 is 2.25 bits per heavy atom. The fourth-order valence-electron chi connectivity index (χ4n) is 3.50. The Morgan fingerprint density at radius 3 is 2.96 bits per heavy atom. The van der Waals surface area contributed by atoms with Gasteiger partial charge in [0, 0.05) is 51.1 Å². The molecule has 1 saturated heterocycles. The first-order valence-corrected chi connectivity index (χ1v) is 8.82. The van der Waals surface area contributed by atoms with Crippen LogP contribution >= 0.6 is 0 Å². The van der Waals surface area contributed by atoms with Gasteiger partial charge in [-0.3, -0.25) is 9.48 Å². The standard InChI is InChI=1S/C18H27N5O/c1-14(2)18-19-8-10-23(18)16-5-4-9-22(13-16)17(24)7-6-15-11-20-21(3)12-15/h8,10-12,14,16H,4-7,9,13H2,1-3H3/t16-/m1/s1. The molecule has 1 aliphatic rings. The van der Waals surface area contributed by atoms with Crippen molar-refractivity contribution in [2.24, 2.45) is 7.05 Å². The van der Waals surface area contributed by atoms with E-state index in [1.165, 1.54) is 0 Å². The summed E-state index contributed by atoms with van der Waals surface area (Å²) in [6.45, 7) is 5.99. The molecular formula is C18H27N5O. The number of carbonyl (C=O) groups excluding carboxylic acids is 1. The van der Waals surface area contributed by atoms with Crippen molar-refractivity contribution < 1.29 is 4.79 Å². The molecule has 0 bridgehead atoms. The maximum atomic E-state index is 12.6. The number of carbonyl (C=O) groups is 1. The van der Waals surface area contributed by atoms with Crippen LogP contribution in [0.4, 0.5) is 0 Å². The number of hydrogen-bond acceptors (Lipinski definition) is 3. The van der Waals surface area contributed by atoms with Gasteiger partial charge in [0.1, 0.15) is 5.82 Å². The third-order valence-electron chi connectivity index (χ3n) is 4.74. The minimum Gasteiger partial charge on any atom is -0.341 e. The summed E-state index contributed by atoms with van der Waals surface area (Å²) < 4.78 is 4.05. The van der Waals surface area contributed by atoms with Crippen molar-refractivity contribution in [3.05, 3.63) is 36.2 Å². The number of aromatic nitrogens is 4. The highest BCUT2D eigenvalue weighted by molar-refractivity contribution is 5.76. The Balaban J connectivity index is 1.60. The van der Waals surface area contributed by atoms with Gasteiger partial charge in [0.25, 0.3) is 0 Å². The lowest BCUT2D eigenvalue weighted by atomic mass is 10.0. The molecule has 1 fully saturated rings. The lowest BCUT2D eigenvalue weighted by Gasteiger charge is -2.34. The topological polar surface area (TPSA) is 56.0 Å². The summed E-state index contributed by atoms with van der Waals surface area (Å²) in [5.74, 6) is 1.76. The third kappa shape index (κ3) is 3.68. The van der Waals surface area contributed by atoms with Crippen LogP contribution < -0.4 is 0 Å². The highest BCUT2D eigenvalue weighted by Crippen LogP contribution is 2.26. The first kappa shape index (κ1) is 16.7. The highest BCUT2D eigenvalue weighted by atomic mass is 16.2. The van der Waals surface area contributed by atoms with Crippen LogP contribution in [0.15, 0.2) is 24.8 Å². The molecule has 130 valence electrons. The van der Waals surface area contributed by atoms with Gasteiger partial charge >= 0.3 is 0 Å². The number of amides is 1. The van der Waals surface area contributed by atoms with Crippen LogP contribution in [0.5, 0.6) is 0 Å². The van der Waals surface area contributed by atoms with Gasteiger partial charge in [0.2, 0.25) is 5.91 Å². The average molecular weight is 329 g/mol. The molecule has 3 rings (SSSR count). The van der Waals surface area contributed by atoms with Crippen LogP contribution in [-0.4, -0.2) is 43.2 Å². The van der Waals surface area contributed by atoms with E-state index in [1.54, 1.807) is 4.68 Å². The zero-order valence-corrected chi connectivity index (χ0v) is 14.9. The Kier molecular flexibility index (Phi) is 5.02. The minimum atomic E-state index is 0.245. The summed E-state index contributed by atoms with van der Waals surface area (Å²) >= 11 is 0. The smallest absolute Gasteiger partial charge is 0.222 e. The molecule has 6 nitrogen and oxygen atoms in total. The van der Waals surface area contributed by atoms with E-state index < -0.39 is 0 Å². The van der Waals surface area contributed by atoms with E-state index in [-0.39, 0.29) is 5.91 Å². The molecule has 2 aromatic heterocycles. The Labute approximate surface area is 143 Å². The number of hydrogen-bond donors (Lipinski definition) is 0. The molecule has 24 heavy (non-hydrogen) atoms. The molecule has 1 atom stereocenters. The quantitative estimate of drug-likeness (QED) is 0.847. The molecule has 2 aromatic rings. The summed E-state index contributed by atoms with van der Waals surface area (Å²) in [5, 5.41) is 4.16. The molecule has 0 unspecified atom stereocenters. The highest BCUT2D eigenvalue weighted by Gasteiger charge is 2.26. The second-order valence-electron chi connectivity index (χ2n) is 7.01. The molecule has 0 aromatic carbocycles. The third-order valence-corrected chi connectivity index (χ3v) is 4.74. The van der Waals surface area contributed by atoms with Crippen LogP contribution in [0.25, 0.3) is 0 Å². The predicted molar refractivity (Wildman–Crippen MR) is 92.7 cm³/mol. The molecule has 6 heteroatoms. The lowest BCUT2D eigenvalue weighted by molar-refractivity contribution is -0.132. The Bertz CT molecular complexity index is 687. The van der Waals surface area contributed by atoms with E-state index in [0.717, 1.165) is 43.7 Å². The summed E-state index contributed by atoms with van der Waals surface area (Å²) in [4.78, 5) is 19.1. The second kappa shape index (κ2) is 7.20. The number of aryl methyl sites for hydroxylation is 2. The van der Waals surface area contributed by atoms with Crippen LogP contribution in [-0.2, 0) is 18.3 Å². The molecule has 1 aliphatic heterocycles.